The number of methoxy groups -OCH3 is 2. The van der Waals surface area contributed by atoms with Gasteiger partial charge in [-0.25, -0.2) is 4.98 Å². The summed E-state index contributed by atoms with van der Waals surface area (Å²) in [6.45, 7) is 4.04. The van der Waals surface area contributed by atoms with Gasteiger partial charge in [0.2, 0.25) is 0 Å². The van der Waals surface area contributed by atoms with Gasteiger partial charge in [0, 0.05) is 30.8 Å². The lowest BCUT2D eigenvalue weighted by Crippen LogP contribution is -2.36. The van der Waals surface area contributed by atoms with Gasteiger partial charge in [0.1, 0.15) is 5.75 Å². The average molecular weight is 472 g/mol. The van der Waals surface area contributed by atoms with Crippen molar-refractivity contribution in [2.75, 3.05) is 52.9 Å². The van der Waals surface area contributed by atoms with Gasteiger partial charge in [0.15, 0.2) is 16.6 Å². The highest BCUT2D eigenvalue weighted by Crippen LogP contribution is 2.37. The zero-order valence-corrected chi connectivity index (χ0v) is 20.9. The Balaban J connectivity index is 1.90. The number of amides is 1. The van der Waals surface area contributed by atoms with Gasteiger partial charge in [0.25, 0.3) is 5.91 Å². The quantitative estimate of drug-likeness (QED) is 0.343. The monoisotopic (exact) mass is 471 g/mol. The Bertz CT molecular complexity index is 1030. The number of carbonyl (C=O) groups excluding carboxylic acids is 1. The maximum atomic E-state index is 13.6. The molecule has 0 saturated carbocycles. The summed E-state index contributed by atoms with van der Waals surface area (Å²) < 4.78 is 17.6. The number of likely N-dealkylation sites (N-methyl/N-ethyl adjacent to an activating group) is 1. The highest BCUT2D eigenvalue weighted by Gasteiger charge is 2.23. The van der Waals surface area contributed by atoms with Crippen molar-refractivity contribution in [1.29, 1.82) is 0 Å². The number of anilines is 1. The van der Waals surface area contributed by atoms with E-state index in [2.05, 4.69) is 6.92 Å². The first-order valence-corrected chi connectivity index (χ1v) is 12.0. The lowest BCUT2D eigenvalue weighted by atomic mass is 10.2. The minimum Gasteiger partial charge on any atom is -0.494 e. The lowest BCUT2D eigenvalue weighted by Gasteiger charge is -2.22. The highest BCUT2D eigenvalue weighted by molar-refractivity contribution is 7.22. The molecule has 33 heavy (non-hydrogen) atoms. The van der Waals surface area contributed by atoms with Crippen LogP contribution >= 0.6 is 11.3 Å². The molecule has 1 aromatic heterocycles. The average Bonchev–Trinajstić information content (AvgIpc) is 3.23. The Morgan fingerprint density at radius 2 is 1.79 bits per heavy atom. The maximum absolute atomic E-state index is 13.6. The zero-order chi connectivity index (χ0) is 23.8. The molecule has 3 aromatic rings. The topological polar surface area (TPSA) is 64.1 Å². The van der Waals surface area contributed by atoms with Crippen molar-refractivity contribution in [3.05, 3.63) is 42.0 Å². The van der Waals surface area contributed by atoms with Gasteiger partial charge >= 0.3 is 0 Å². The molecule has 1 amide bonds. The van der Waals surface area contributed by atoms with Crippen LogP contribution in [0, 0.1) is 0 Å². The van der Waals surface area contributed by atoms with Crippen LogP contribution < -0.4 is 19.1 Å². The van der Waals surface area contributed by atoms with Gasteiger partial charge in [-0.15, -0.1) is 0 Å². The third-order valence-electron chi connectivity index (χ3n) is 5.23. The smallest absolute Gasteiger partial charge is 0.260 e. The van der Waals surface area contributed by atoms with Crippen molar-refractivity contribution in [2.24, 2.45) is 0 Å². The number of unbranched alkanes of at least 4 members (excludes halogenated alkanes) is 2. The van der Waals surface area contributed by atoms with E-state index >= 15 is 0 Å². The summed E-state index contributed by atoms with van der Waals surface area (Å²) in [5.41, 5.74) is 1.35. The minimum atomic E-state index is -0.103. The summed E-state index contributed by atoms with van der Waals surface area (Å²) in [6, 6.07) is 11.1. The highest BCUT2D eigenvalue weighted by atomic mass is 32.1. The molecule has 0 bridgehead atoms. The van der Waals surface area contributed by atoms with E-state index in [0.29, 0.717) is 47.6 Å². The van der Waals surface area contributed by atoms with Crippen molar-refractivity contribution in [3.8, 4) is 17.2 Å². The van der Waals surface area contributed by atoms with E-state index in [-0.39, 0.29) is 5.91 Å². The van der Waals surface area contributed by atoms with E-state index in [9.17, 15) is 4.79 Å². The van der Waals surface area contributed by atoms with Crippen LogP contribution in [-0.4, -0.2) is 63.8 Å². The number of carbonyl (C=O) groups is 1. The van der Waals surface area contributed by atoms with E-state index in [1.54, 1.807) is 19.1 Å². The summed E-state index contributed by atoms with van der Waals surface area (Å²) in [6.07, 6.45) is 3.27. The number of aromatic nitrogens is 1. The van der Waals surface area contributed by atoms with Crippen molar-refractivity contribution >= 4 is 32.6 Å². The molecule has 2 aromatic carbocycles. The fourth-order valence-electron chi connectivity index (χ4n) is 3.36. The van der Waals surface area contributed by atoms with E-state index in [0.717, 1.165) is 29.5 Å². The normalized spacial score (nSPS) is 11.1. The molecule has 0 aliphatic rings. The fraction of sp³-hybridized carbons (Fsp3) is 0.440. The number of hydrogen-bond donors (Lipinski definition) is 0. The fourth-order valence-corrected chi connectivity index (χ4v) is 4.36. The Morgan fingerprint density at radius 1 is 1.03 bits per heavy atom. The molecular weight excluding hydrogens is 438 g/mol. The molecule has 0 aliphatic heterocycles. The van der Waals surface area contributed by atoms with Crippen LogP contribution in [0.2, 0.25) is 0 Å². The standard InChI is InChI=1S/C25H33N3O4S/c1-6-7-8-14-32-19-11-9-10-18(15-19)24(29)28(13-12-27(2)3)25-26-20-16-21(30-4)22(31-5)17-23(20)33-25/h9-11,15-17H,6-8,12-14H2,1-5H3. The van der Waals surface area contributed by atoms with Crippen LogP contribution in [0.5, 0.6) is 17.2 Å². The number of ether oxygens (including phenoxy) is 3. The molecular formula is C25H33N3O4S. The van der Waals surface area contributed by atoms with Crippen LogP contribution in [0.15, 0.2) is 36.4 Å². The van der Waals surface area contributed by atoms with Gasteiger partial charge in [-0.3, -0.25) is 9.69 Å². The second-order valence-corrected chi connectivity index (χ2v) is 9.02. The number of fused-ring (bicyclic) bond motifs is 1. The van der Waals surface area contributed by atoms with Gasteiger partial charge in [-0.1, -0.05) is 37.2 Å². The third kappa shape index (κ3) is 6.36. The Morgan fingerprint density at radius 3 is 2.48 bits per heavy atom. The molecule has 0 aliphatic carbocycles. The van der Waals surface area contributed by atoms with Crippen molar-refractivity contribution in [2.45, 2.75) is 26.2 Å². The molecule has 0 saturated heterocycles. The summed E-state index contributed by atoms with van der Waals surface area (Å²) in [5, 5.41) is 0.640. The van der Waals surface area contributed by atoms with Crippen LogP contribution in [0.3, 0.4) is 0 Å². The number of nitrogens with zero attached hydrogens (tertiary/aromatic N) is 3. The first kappa shape index (κ1) is 24.8. The van der Waals surface area contributed by atoms with Gasteiger partial charge in [0.05, 0.1) is 31.0 Å². The van der Waals surface area contributed by atoms with Crippen molar-refractivity contribution in [3.63, 3.8) is 0 Å². The number of thiazole rings is 1. The molecule has 178 valence electrons. The maximum Gasteiger partial charge on any atom is 0.260 e. The first-order chi connectivity index (χ1) is 16.0. The van der Waals surface area contributed by atoms with E-state index in [1.807, 2.05) is 55.4 Å². The Hall–Kier alpha value is -2.84. The molecule has 1 heterocycles. The second-order valence-electron chi connectivity index (χ2n) is 8.01. The van der Waals surface area contributed by atoms with Crippen LogP contribution in [0.25, 0.3) is 10.2 Å². The molecule has 0 radical (unpaired) electrons. The van der Waals surface area contributed by atoms with Gasteiger partial charge in [-0.05, 0) is 38.7 Å². The lowest BCUT2D eigenvalue weighted by molar-refractivity contribution is 0.0984. The predicted molar refractivity (Wildman–Crippen MR) is 134 cm³/mol. The molecule has 0 unspecified atom stereocenters. The zero-order valence-electron chi connectivity index (χ0n) is 20.1. The summed E-state index contributed by atoms with van der Waals surface area (Å²) in [4.78, 5) is 22.1. The van der Waals surface area contributed by atoms with Crippen molar-refractivity contribution in [1.82, 2.24) is 9.88 Å². The van der Waals surface area contributed by atoms with E-state index in [4.69, 9.17) is 19.2 Å². The summed E-state index contributed by atoms with van der Waals surface area (Å²) >= 11 is 1.46. The largest absolute Gasteiger partial charge is 0.494 e. The molecule has 3 rings (SSSR count). The number of rotatable bonds is 12. The number of hydrogen-bond acceptors (Lipinski definition) is 7. The van der Waals surface area contributed by atoms with Gasteiger partial charge < -0.3 is 19.1 Å². The predicted octanol–water partition coefficient (Wildman–Crippen LogP) is 5.09. The molecule has 0 fully saturated rings. The van der Waals surface area contributed by atoms with Crippen LogP contribution in [-0.2, 0) is 0 Å². The molecule has 7 nitrogen and oxygen atoms in total. The molecule has 0 atom stereocenters. The molecule has 0 spiro atoms. The van der Waals surface area contributed by atoms with Gasteiger partial charge in [-0.2, -0.15) is 0 Å². The Kier molecular flexibility index (Phi) is 8.91. The Labute approximate surface area is 199 Å². The van der Waals surface area contributed by atoms with E-state index in [1.165, 1.54) is 11.3 Å². The molecule has 8 heteroatoms. The summed E-state index contributed by atoms with van der Waals surface area (Å²) in [7, 11) is 7.18. The number of benzene rings is 2. The van der Waals surface area contributed by atoms with Crippen LogP contribution in [0.1, 0.15) is 36.5 Å². The minimum absolute atomic E-state index is 0.103. The SMILES string of the molecule is CCCCCOc1cccc(C(=O)N(CCN(C)C)c2nc3cc(OC)c(OC)cc3s2)c1. The first-order valence-electron chi connectivity index (χ1n) is 11.2. The second kappa shape index (κ2) is 11.9. The van der Waals surface area contributed by atoms with Crippen molar-refractivity contribution < 1.29 is 19.0 Å². The van der Waals surface area contributed by atoms with Crippen LogP contribution in [0.4, 0.5) is 5.13 Å². The van der Waals surface area contributed by atoms with E-state index < -0.39 is 0 Å². The summed E-state index contributed by atoms with van der Waals surface area (Å²) in [5.74, 6) is 1.86. The third-order valence-corrected chi connectivity index (χ3v) is 6.27. The molecule has 0 N–H and O–H groups in total.